The Hall–Kier alpha value is -2.43. The molecule has 0 aliphatic carbocycles. The van der Waals surface area contributed by atoms with Gasteiger partial charge in [0.15, 0.2) is 17.3 Å². The molecule has 1 aromatic carbocycles. The third-order valence-electron chi connectivity index (χ3n) is 2.65. The molecule has 0 unspecified atom stereocenters. The molecule has 0 bridgehead atoms. The lowest BCUT2D eigenvalue weighted by molar-refractivity contribution is -0.112. The van der Waals surface area contributed by atoms with Crippen molar-refractivity contribution in [1.29, 1.82) is 0 Å². The standard InChI is InChI=1S/C14H14O5/c1-8-4-10(15)11(19-8)5-9-6-12(17-2)14(16)13(7-9)18-3/h4-7,16H,1-3H3/b11-5-. The van der Waals surface area contributed by atoms with E-state index in [0.717, 1.165) is 0 Å². The van der Waals surface area contributed by atoms with E-state index >= 15 is 0 Å². The summed E-state index contributed by atoms with van der Waals surface area (Å²) in [5.41, 5.74) is 0.637. The third-order valence-corrected chi connectivity index (χ3v) is 2.65. The van der Waals surface area contributed by atoms with Gasteiger partial charge < -0.3 is 19.3 Å². The number of ether oxygens (including phenoxy) is 3. The largest absolute Gasteiger partial charge is 0.502 e. The molecule has 1 aliphatic heterocycles. The predicted octanol–water partition coefficient (Wildman–Crippen LogP) is 2.25. The number of carbonyl (C=O) groups excluding carboxylic acids is 1. The number of allylic oxidation sites excluding steroid dienone is 2. The lowest BCUT2D eigenvalue weighted by atomic mass is 10.1. The van der Waals surface area contributed by atoms with E-state index in [1.807, 2.05) is 0 Å². The molecule has 0 saturated carbocycles. The van der Waals surface area contributed by atoms with Crippen molar-refractivity contribution in [2.45, 2.75) is 6.92 Å². The van der Waals surface area contributed by atoms with E-state index in [-0.39, 0.29) is 28.8 Å². The monoisotopic (exact) mass is 262 g/mol. The van der Waals surface area contributed by atoms with Crippen LogP contribution in [0.1, 0.15) is 12.5 Å². The topological polar surface area (TPSA) is 65.0 Å². The average molecular weight is 262 g/mol. The van der Waals surface area contributed by atoms with E-state index in [1.165, 1.54) is 20.3 Å². The van der Waals surface area contributed by atoms with Gasteiger partial charge in [-0.05, 0) is 30.7 Å². The summed E-state index contributed by atoms with van der Waals surface area (Å²) in [7, 11) is 2.88. The first-order chi connectivity index (χ1) is 9.05. The van der Waals surface area contributed by atoms with Gasteiger partial charge in [-0.3, -0.25) is 4.79 Å². The van der Waals surface area contributed by atoms with Crippen LogP contribution in [0.3, 0.4) is 0 Å². The Morgan fingerprint density at radius 3 is 2.21 bits per heavy atom. The van der Waals surface area contributed by atoms with Gasteiger partial charge in [0.1, 0.15) is 5.76 Å². The number of rotatable bonds is 3. The molecule has 1 aromatic rings. The van der Waals surface area contributed by atoms with Crippen LogP contribution in [0.4, 0.5) is 0 Å². The van der Waals surface area contributed by atoms with Gasteiger partial charge in [-0.25, -0.2) is 0 Å². The van der Waals surface area contributed by atoms with Crippen LogP contribution >= 0.6 is 0 Å². The first-order valence-corrected chi connectivity index (χ1v) is 5.62. The Morgan fingerprint density at radius 1 is 1.21 bits per heavy atom. The Labute approximate surface area is 110 Å². The van der Waals surface area contributed by atoms with Gasteiger partial charge in [-0.15, -0.1) is 0 Å². The van der Waals surface area contributed by atoms with Gasteiger partial charge in [0.2, 0.25) is 11.5 Å². The normalized spacial score (nSPS) is 16.3. The second-order valence-corrected chi connectivity index (χ2v) is 4.00. The van der Waals surface area contributed by atoms with Crippen LogP contribution in [0.2, 0.25) is 0 Å². The van der Waals surface area contributed by atoms with E-state index in [2.05, 4.69) is 0 Å². The van der Waals surface area contributed by atoms with Gasteiger partial charge in [-0.1, -0.05) is 0 Å². The Bertz CT molecular complexity index is 558. The Kier molecular flexibility index (Phi) is 3.46. The quantitative estimate of drug-likeness (QED) is 0.846. The molecule has 0 atom stereocenters. The molecule has 2 rings (SSSR count). The molecule has 0 saturated heterocycles. The molecule has 0 radical (unpaired) electrons. The molecule has 0 aromatic heterocycles. The van der Waals surface area contributed by atoms with E-state index in [4.69, 9.17) is 14.2 Å². The zero-order valence-electron chi connectivity index (χ0n) is 10.9. The van der Waals surface area contributed by atoms with Crippen LogP contribution in [0.15, 0.2) is 29.7 Å². The van der Waals surface area contributed by atoms with Crippen molar-refractivity contribution in [2.75, 3.05) is 14.2 Å². The lowest BCUT2D eigenvalue weighted by Crippen LogP contribution is -1.94. The van der Waals surface area contributed by atoms with Crippen LogP contribution < -0.4 is 9.47 Å². The Morgan fingerprint density at radius 2 is 1.79 bits per heavy atom. The zero-order valence-corrected chi connectivity index (χ0v) is 10.9. The molecular formula is C14H14O5. The summed E-state index contributed by atoms with van der Waals surface area (Å²) in [6.45, 7) is 1.71. The van der Waals surface area contributed by atoms with E-state index in [1.54, 1.807) is 25.1 Å². The zero-order chi connectivity index (χ0) is 14.0. The third kappa shape index (κ3) is 2.54. The fourth-order valence-corrected chi connectivity index (χ4v) is 1.76. The molecule has 0 fully saturated rings. The number of phenolic OH excluding ortho intramolecular Hbond substituents is 1. The molecular weight excluding hydrogens is 248 g/mol. The van der Waals surface area contributed by atoms with Crippen LogP contribution in [0.5, 0.6) is 17.2 Å². The summed E-state index contributed by atoms with van der Waals surface area (Å²) in [4.78, 5) is 11.6. The van der Waals surface area contributed by atoms with Crippen LogP contribution in [0.25, 0.3) is 6.08 Å². The highest BCUT2D eigenvalue weighted by molar-refractivity contribution is 6.07. The number of hydrogen-bond acceptors (Lipinski definition) is 5. The summed E-state index contributed by atoms with van der Waals surface area (Å²) in [5, 5.41) is 9.79. The first-order valence-electron chi connectivity index (χ1n) is 5.62. The summed E-state index contributed by atoms with van der Waals surface area (Å²) in [6, 6.07) is 3.18. The van der Waals surface area contributed by atoms with Crippen molar-refractivity contribution in [1.82, 2.24) is 0 Å². The Balaban J connectivity index is 2.41. The molecule has 0 spiro atoms. The van der Waals surface area contributed by atoms with E-state index in [0.29, 0.717) is 11.3 Å². The van der Waals surface area contributed by atoms with Gasteiger partial charge in [-0.2, -0.15) is 0 Å². The van der Waals surface area contributed by atoms with Crippen molar-refractivity contribution >= 4 is 11.9 Å². The van der Waals surface area contributed by atoms with E-state index in [9.17, 15) is 9.90 Å². The second-order valence-electron chi connectivity index (χ2n) is 4.00. The highest BCUT2D eigenvalue weighted by Crippen LogP contribution is 2.38. The predicted molar refractivity (Wildman–Crippen MR) is 69.0 cm³/mol. The molecule has 1 aliphatic rings. The summed E-state index contributed by atoms with van der Waals surface area (Å²) >= 11 is 0. The maximum Gasteiger partial charge on any atom is 0.224 e. The smallest absolute Gasteiger partial charge is 0.224 e. The lowest BCUT2D eigenvalue weighted by Gasteiger charge is -2.09. The maximum absolute atomic E-state index is 11.6. The molecule has 5 nitrogen and oxygen atoms in total. The maximum atomic E-state index is 11.6. The minimum Gasteiger partial charge on any atom is -0.502 e. The minimum absolute atomic E-state index is 0.0832. The number of carbonyl (C=O) groups is 1. The summed E-state index contributed by atoms with van der Waals surface area (Å²) in [6.07, 6.45) is 2.99. The van der Waals surface area contributed by atoms with Crippen molar-refractivity contribution in [3.63, 3.8) is 0 Å². The molecule has 1 heterocycles. The van der Waals surface area contributed by atoms with Gasteiger partial charge in [0.25, 0.3) is 0 Å². The number of aromatic hydroxyl groups is 1. The van der Waals surface area contributed by atoms with Crippen LogP contribution in [0, 0.1) is 0 Å². The number of ketones is 1. The molecule has 5 heteroatoms. The minimum atomic E-state index is -0.191. The van der Waals surface area contributed by atoms with Crippen molar-refractivity contribution in [3.05, 3.63) is 35.3 Å². The van der Waals surface area contributed by atoms with Crippen LogP contribution in [-0.4, -0.2) is 25.1 Å². The van der Waals surface area contributed by atoms with Crippen molar-refractivity contribution in [2.24, 2.45) is 0 Å². The van der Waals surface area contributed by atoms with Gasteiger partial charge in [0.05, 0.1) is 14.2 Å². The number of methoxy groups -OCH3 is 2. The highest BCUT2D eigenvalue weighted by atomic mass is 16.5. The fourth-order valence-electron chi connectivity index (χ4n) is 1.76. The number of hydrogen-bond donors (Lipinski definition) is 1. The SMILES string of the molecule is COc1cc(/C=C2\OC(C)=CC2=O)cc(OC)c1O. The van der Waals surface area contributed by atoms with Crippen molar-refractivity contribution < 1.29 is 24.1 Å². The molecule has 19 heavy (non-hydrogen) atoms. The number of phenols is 1. The summed E-state index contributed by atoms with van der Waals surface area (Å²) in [5.74, 6) is 1.03. The fraction of sp³-hybridized carbons (Fsp3) is 0.214. The van der Waals surface area contributed by atoms with E-state index < -0.39 is 0 Å². The number of benzene rings is 1. The first kappa shape index (κ1) is 13.0. The molecule has 0 amide bonds. The molecule has 100 valence electrons. The van der Waals surface area contributed by atoms with Crippen molar-refractivity contribution in [3.8, 4) is 17.2 Å². The molecule has 1 N–H and O–H groups in total. The van der Waals surface area contributed by atoms with Crippen LogP contribution in [-0.2, 0) is 9.53 Å². The summed E-state index contributed by atoms with van der Waals surface area (Å²) < 4.78 is 15.4. The second kappa shape index (κ2) is 5.06. The van der Waals surface area contributed by atoms with Gasteiger partial charge in [0, 0.05) is 6.08 Å². The highest BCUT2D eigenvalue weighted by Gasteiger charge is 2.18. The van der Waals surface area contributed by atoms with Gasteiger partial charge >= 0.3 is 0 Å². The average Bonchev–Trinajstić information content (AvgIpc) is 2.69.